The summed E-state index contributed by atoms with van der Waals surface area (Å²) in [7, 11) is 0. The van der Waals surface area contributed by atoms with E-state index in [1.807, 2.05) is 13.8 Å². The van der Waals surface area contributed by atoms with Crippen molar-refractivity contribution in [2.45, 2.75) is 32.9 Å². The van der Waals surface area contributed by atoms with E-state index in [-0.39, 0.29) is 23.4 Å². The summed E-state index contributed by atoms with van der Waals surface area (Å²) in [5.41, 5.74) is 1.78. The zero-order valence-electron chi connectivity index (χ0n) is 19.0. The Morgan fingerprint density at radius 1 is 1.15 bits per heavy atom. The summed E-state index contributed by atoms with van der Waals surface area (Å²) in [6.07, 6.45) is 4.03. The highest BCUT2D eigenvalue weighted by atomic mass is 19.1. The van der Waals surface area contributed by atoms with Crippen molar-refractivity contribution in [2.24, 2.45) is 0 Å². The van der Waals surface area contributed by atoms with Gasteiger partial charge in [-0.15, -0.1) is 0 Å². The molecule has 0 saturated carbocycles. The number of aromatic nitrogens is 1. The second-order valence-electron chi connectivity index (χ2n) is 8.14. The minimum Gasteiger partial charge on any atom is -0.507 e. The van der Waals surface area contributed by atoms with Gasteiger partial charge in [-0.1, -0.05) is 31.2 Å². The predicted octanol–water partition coefficient (Wildman–Crippen LogP) is 4.94. The van der Waals surface area contributed by atoms with Crippen LogP contribution in [0, 0.1) is 12.7 Å². The maximum atomic E-state index is 14.9. The first kappa shape index (κ1) is 23.2. The highest BCUT2D eigenvalue weighted by Gasteiger charge is 2.47. The van der Waals surface area contributed by atoms with Crippen LogP contribution in [0.25, 0.3) is 5.76 Å². The minimum atomic E-state index is -1.09. The van der Waals surface area contributed by atoms with E-state index < -0.39 is 23.5 Å². The molecule has 1 aliphatic rings. The van der Waals surface area contributed by atoms with Crippen LogP contribution in [-0.2, 0) is 16.1 Å². The van der Waals surface area contributed by atoms with Crippen molar-refractivity contribution < 1.29 is 23.8 Å². The van der Waals surface area contributed by atoms with E-state index in [1.165, 1.54) is 23.1 Å². The zero-order chi connectivity index (χ0) is 24.2. The van der Waals surface area contributed by atoms with Gasteiger partial charge in [-0.25, -0.2) is 4.39 Å². The fourth-order valence-corrected chi connectivity index (χ4v) is 4.08. The van der Waals surface area contributed by atoms with E-state index in [0.717, 1.165) is 12.0 Å². The summed E-state index contributed by atoms with van der Waals surface area (Å²) in [4.78, 5) is 31.5. The summed E-state index contributed by atoms with van der Waals surface area (Å²) in [5.74, 6) is -1.93. The molecule has 7 heteroatoms. The lowest BCUT2D eigenvalue weighted by Gasteiger charge is -2.25. The Balaban J connectivity index is 1.83. The third-order valence-corrected chi connectivity index (χ3v) is 5.73. The first-order valence-corrected chi connectivity index (χ1v) is 11.1. The number of halogens is 1. The van der Waals surface area contributed by atoms with Crippen molar-refractivity contribution in [2.75, 3.05) is 6.61 Å². The van der Waals surface area contributed by atoms with Crippen molar-refractivity contribution in [1.82, 2.24) is 9.88 Å². The van der Waals surface area contributed by atoms with Gasteiger partial charge in [0.05, 0.1) is 18.2 Å². The van der Waals surface area contributed by atoms with Crippen LogP contribution in [0.3, 0.4) is 0 Å². The van der Waals surface area contributed by atoms with Crippen LogP contribution in [0.2, 0.25) is 0 Å². The number of carbonyl (C=O) groups is 2. The first-order valence-electron chi connectivity index (χ1n) is 11.1. The molecule has 4 rings (SSSR count). The third kappa shape index (κ3) is 4.41. The molecule has 1 fully saturated rings. The summed E-state index contributed by atoms with van der Waals surface area (Å²) in [5, 5.41) is 11.2. The average molecular weight is 461 g/mol. The summed E-state index contributed by atoms with van der Waals surface area (Å²) in [6, 6.07) is 13.4. The SMILES string of the molecule is CCCOc1ccc(C(O)=C2C(=O)C(=O)N(Cc3cccnc3)C2c2ccccc2F)cc1C. The van der Waals surface area contributed by atoms with Crippen molar-refractivity contribution in [3.63, 3.8) is 0 Å². The van der Waals surface area contributed by atoms with Crippen LogP contribution in [-0.4, -0.2) is 33.3 Å². The van der Waals surface area contributed by atoms with Gasteiger partial charge < -0.3 is 14.7 Å². The Morgan fingerprint density at radius 2 is 1.94 bits per heavy atom. The summed E-state index contributed by atoms with van der Waals surface area (Å²) < 4.78 is 20.6. The fourth-order valence-electron chi connectivity index (χ4n) is 4.08. The molecule has 1 N–H and O–H groups in total. The van der Waals surface area contributed by atoms with Crippen molar-refractivity contribution >= 4 is 17.4 Å². The molecule has 0 radical (unpaired) electrons. The minimum absolute atomic E-state index is 0.0387. The van der Waals surface area contributed by atoms with E-state index in [4.69, 9.17) is 4.74 Å². The zero-order valence-corrected chi connectivity index (χ0v) is 19.0. The van der Waals surface area contributed by atoms with Gasteiger partial charge in [-0.05, 0) is 54.8 Å². The number of ketones is 1. The lowest BCUT2D eigenvalue weighted by atomic mass is 9.94. The highest BCUT2D eigenvalue weighted by Crippen LogP contribution is 2.41. The van der Waals surface area contributed by atoms with Crippen LogP contribution in [0.4, 0.5) is 4.39 Å². The van der Waals surface area contributed by atoms with Gasteiger partial charge in [-0.3, -0.25) is 14.6 Å². The van der Waals surface area contributed by atoms with Gasteiger partial charge in [-0.2, -0.15) is 0 Å². The Kier molecular flexibility index (Phi) is 6.72. The second-order valence-corrected chi connectivity index (χ2v) is 8.14. The van der Waals surface area contributed by atoms with Gasteiger partial charge in [0.15, 0.2) is 0 Å². The maximum Gasteiger partial charge on any atom is 0.295 e. The van der Waals surface area contributed by atoms with Gasteiger partial charge in [0.25, 0.3) is 11.7 Å². The molecule has 1 unspecified atom stereocenters. The number of amides is 1. The molecule has 1 aromatic heterocycles. The molecule has 3 aromatic rings. The summed E-state index contributed by atoms with van der Waals surface area (Å²) in [6.45, 7) is 4.43. The van der Waals surface area contributed by atoms with Crippen LogP contribution in [0.5, 0.6) is 5.75 Å². The normalized spacial score (nSPS) is 17.3. The number of aliphatic hydroxyl groups is 1. The number of ether oxygens (including phenoxy) is 1. The number of likely N-dealkylation sites (tertiary alicyclic amines) is 1. The molecule has 2 heterocycles. The van der Waals surface area contributed by atoms with Gasteiger partial charge in [0.1, 0.15) is 17.3 Å². The highest BCUT2D eigenvalue weighted by molar-refractivity contribution is 6.46. The number of hydrogen-bond donors (Lipinski definition) is 1. The number of hydrogen-bond acceptors (Lipinski definition) is 5. The molecular weight excluding hydrogens is 435 g/mol. The number of aryl methyl sites for hydroxylation is 1. The van der Waals surface area contributed by atoms with Crippen molar-refractivity contribution in [1.29, 1.82) is 0 Å². The fraction of sp³-hybridized carbons (Fsp3) is 0.222. The number of benzene rings is 2. The van der Waals surface area contributed by atoms with Gasteiger partial charge >= 0.3 is 0 Å². The van der Waals surface area contributed by atoms with Crippen molar-refractivity contribution in [3.8, 4) is 5.75 Å². The molecule has 6 nitrogen and oxygen atoms in total. The van der Waals surface area contributed by atoms with Crippen molar-refractivity contribution in [3.05, 3.63) is 101 Å². The Labute approximate surface area is 197 Å². The van der Waals surface area contributed by atoms with Crippen LogP contribution in [0.1, 0.15) is 41.6 Å². The standard InChI is InChI=1S/C27H25FN2O4/c1-3-13-34-22-11-10-19(14-17(22)2)25(31)23-24(20-8-4-5-9-21(20)28)30(27(33)26(23)32)16-18-7-6-12-29-15-18/h4-12,14-15,24,31H,3,13,16H2,1-2H3. The lowest BCUT2D eigenvalue weighted by molar-refractivity contribution is -0.140. The molecule has 34 heavy (non-hydrogen) atoms. The van der Waals surface area contributed by atoms with Crippen LogP contribution >= 0.6 is 0 Å². The Bertz CT molecular complexity index is 1260. The quantitative estimate of drug-likeness (QED) is 0.307. The van der Waals surface area contributed by atoms with E-state index in [1.54, 1.807) is 48.8 Å². The largest absolute Gasteiger partial charge is 0.507 e. The third-order valence-electron chi connectivity index (χ3n) is 5.73. The first-order chi connectivity index (χ1) is 16.4. The smallest absolute Gasteiger partial charge is 0.295 e. The maximum absolute atomic E-state index is 14.9. The van der Waals surface area contributed by atoms with Gasteiger partial charge in [0, 0.05) is 30.1 Å². The number of nitrogens with zero attached hydrogens (tertiary/aromatic N) is 2. The molecule has 0 spiro atoms. The number of pyridine rings is 1. The molecule has 1 amide bonds. The molecule has 1 saturated heterocycles. The van der Waals surface area contributed by atoms with E-state index in [2.05, 4.69) is 4.98 Å². The topological polar surface area (TPSA) is 79.7 Å². The molecule has 0 aliphatic carbocycles. The number of Topliss-reactive ketones (excluding diaryl/α,β-unsaturated/α-hetero) is 1. The number of aliphatic hydroxyl groups excluding tert-OH is 1. The molecule has 0 bridgehead atoms. The molecule has 174 valence electrons. The average Bonchev–Trinajstić information content (AvgIpc) is 3.08. The number of rotatable bonds is 7. The second kappa shape index (κ2) is 9.87. The van der Waals surface area contributed by atoms with E-state index in [9.17, 15) is 19.1 Å². The summed E-state index contributed by atoms with van der Waals surface area (Å²) >= 11 is 0. The van der Waals surface area contributed by atoms with E-state index >= 15 is 0 Å². The molecular formula is C27H25FN2O4. The number of carbonyl (C=O) groups excluding carboxylic acids is 2. The predicted molar refractivity (Wildman–Crippen MR) is 125 cm³/mol. The van der Waals surface area contributed by atoms with Gasteiger partial charge in [0.2, 0.25) is 0 Å². The lowest BCUT2D eigenvalue weighted by Crippen LogP contribution is -2.29. The van der Waals surface area contributed by atoms with E-state index in [0.29, 0.717) is 23.5 Å². The Hall–Kier alpha value is -4.00. The van der Waals surface area contributed by atoms with Crippen LogP contribution in [0.15, 0.2) is 72.6 Å². The molecule has 1 aliphatic heterocycles. The Morgan fingerprint density at radius 3 is 2.62 bits per heavy atom. The molecule has 1 atom stereocenters. The molecule has 2 aromatic carbocycles. The van der Waals surface area contributed by atoms with Crippen LogP contribution < -0.4 is 4.74 Å². The monoisotopic (exact) mass is 460 g/mol.